The molecule has 1 amide bonds. The summed E-state index contributed by atoms with van der Waals surface area (Å²) in [6, 6.07) is 0. The minimum Gasteiger partial charge on any atom is -0.381 e. The summed E-state index contributed by atoms with van der Waals surface area (Å²) in [5.74, 6) is 0.922. The number of hydrogen-bond acceptors (Lipinski definition) is 4. The average Bonchev–Trinajstić information content (AvgIpc) is 2.83. The van der Waals surface area contributed by atoms with Crippen molar-refractivity contribution < 1.29 is 9.53 Å². The zero-order valence-electron chi connectivity index (χ0n) is 10.7. The first kappa shape index (κ1) is 12.8. The Morgan fingerprint density at radius 1 is 1.35 bits per heavy atom. The van der Waals surface area contributed by atoms with Gasteiger partial charge < -0.3 is 15.0 Å². The lowest BCUT2D eigenvalue weighted by atomic mass is 10.1. The maximum absolute atomic E-state index is 11.7. The number of nitrogens with one attached hydrogen (secondary N) is 1. The molecule has 17 heavy (non-hydrogen) atoms. The fourth-order valence-electron chi connectivity index (χ4n) is 2.54. The van der Waals surface area contributed by atoms with Crippen LogP contribution in [0.3, 0.4) is 0 Å². The quantitative estimate of drug-likeness (QED) is 0.713. The predicted octanol–water partition coefficient (Wildman–Crippen LogP) is -0.613. The minimum absolute atomic E-state index is 0.219. The van der Waals surface area contributed by atoms with Gasteiger partial charge in [0.1, 0.15) is 0 Å². The van der Waals surface area contributed by atoms with Crippen molar-refractivity contribution in [1.82, 2.24) is 15.1 Å². The molecule has 0 saturated carbocycles. The van der Waals surface area contributed by atoms with Crippen molar-refractivity contribution >= 4 is 5.91 Å². The summed E-state index contributed by atoms with van der Waals surface area (Å²) in [4.78, 5) is 16.1. The number of hydrogen-bond donors (Lipinski definition) is 1. The Hall–Kier alpha value is -0.650. The summed E-state index contributed by atoms with van der Waals surface area (Å²) in [5, 5.41) is 2.91. The van der Waals surface area contributed by atoms with Crippen LogP contribution in [0.15, 0.2) is 0 Å². The smallest absolute Gasteiger partial charge is 0.236 e. The van der Waals surface area contributed by atoms with Crippen LogP contribution in [-0.4, -0.2) is 75.2 Å². The molecule has 2 saturated heterocycles. The molecule has 5 nitrogen and oxygen atoms in total. The third kappa shape index (κ3) is 3.66. The van der Waals surface area contributed by atoms with E-state index in [9.17, 15) is 4.79 Å². The highest BCUT2D eigenvalue weighted by Crippen LogP contribution is 2.15. The Kier molecular flexibility index (Phi) is 4.76. The standard InChI is InChI=1S/C12H23N3O2/c1-13-8-12(16)15-5-3-14(4-6-15)9-11-2-7-17-10-11/h11,13H,2-10H2,1H3. The van der Waals surface area contributed by atoms with Crippen LogP contribution in [0.2, 0.25) is 0 Å². The number of carbonyl (C=O) groups is 1. The molecule has 2 fully saturated rings. The van der Waals surface area contributed by atoms with Gasteiger partial charge in [0.05, 0.1) is 13.2 Å². The summed E-state index contributed by atoms with van der Waals surface area (Å²) in [6.45, 7) is 7.18. The fraction of sp³-hybridized carbons (Fsp3) is 0.917. The van der Waals surface area contributed by atoms with Gasteiger partial charge in [-0.05, 0) is 19.4 Å². The lowest BCUT2D eigenvalue weighted by Crippen LogP contribution is -2.51. The Labute approximate surface area is 103 Å². The summed E-state index contributed by atoms with van der Waals surface area (Å²) >= 11 is 0. The molecule has 98 valence electrons. The van der Waals surface area contributed by atoms with Crippen molar-refractivity contribution in [3.05, 3.63) is 0 Å². The first-order valence-corrected chi connectivity index (χ1v) is 6.52. The number of rotatable bonds is 4. The summed E-state index contributed by atoms with van der Waals surface area (Å²) in [6.07, 6.45) is 1.19. The maximum Gasteiger partial charge on any atom is 0.236 e. The van der Waals surface area contributed by atoms with E-state index >= 15 is 0 Å². The normalized spacial score (nSPS) is 26.4. The van der Waals surface area contributed by atoms with E-state index in [4.69, 9.17) is 4.74 Å². The maximum atomic E-state index is 11.7. The van der Waals surface area contributed by atoms with E-state index in [-0.39, 0.29) is 5.91 Å². The second-order valence-electron chi connectivity index (χ2n) is 4.94. The van der Waals surface area contributed by atoms with Gasteiger partial charge >= 0.3 is 0 Å². The SMILES string of the molecule is CNCC(=O)N1CCN(CC2CCOC2)CC1. The van der Waals surface area contributed by atoms with Gasteiger partial charge in [0.2, 0.25) is 5.91 Å². The van der Waals surface area contributed by atoms with E-state index in [1.54, 1.807) is 0 Å². The summed E-state index contributed by atoms with van der Waals surface area (Å²) < 4.78 is 5.39. The molecule has 0 aromatic carbocycles. The zero-order chi connectivity index (χ0) is 12.1. The van der Waals surface area contributed by atoms with Crippen molar-refractivity contribution in [2.24, 2.45) is 5.92 Å². The molecule has 2 rings (SSSR count). The Bertz CT molecular complexity index is 246. The molecule has 0 aromatic heterocycles. The van der Waals surface area contributed by atoms with E-state index in [2.05, 4.69) is 10.2 Å². The molecule has 2 heterocycles. The van der Waals surface area contributed by atoms with Gasteiger partial charge in [-0.25, -0.2) is 0 Å². The molecule has 0 radical (unpaired) electrons. The molecule has 0 aliphatic carbocycles. The number of ether oxygens (including phenoxy) is 1. The summed E-state index contributed by atoms with van der Waals surface area (Å²) in [5.41, 5.74) is 0. The Balaban J connectivity index is 1.68. The van der Waals surface area contributed by atoms with Gasteiger partial charge in [-0.1, -0.05) is 0 Å². The van der Waals surface area contributed by atoms with Crippen LogP contribution in [0.25, 0.3) is 0 Å². The molecule has 2 aliphatic heterocycles. The van der Waals surface area contributed by atoms with E-state index in [1.807, 2.05) is 11.9 Å². The van der Waals surface area contributed by atoms with E-state index in [1.165, 1.54) is 6.42 Å². The van der Waals surface area contributed by atoms with Crippen LogP contribution in [-0.2, 0) is 9.53 Å². The second kappa shape index (κ2) is 6.33. The molecule has 0 bridgehead atoms. The average molecular weight is 241 g/mol. The minimum atomic E-state index is 0.219. The van der Waals surface area contributed by atoms with Gasteiger partial charge in [-0.2, -0.15) is 0 Å². The predicted molar refractivity (Wildman–Crippen MR) is 65.9 cm³/mol. The highest BCUT2D eigenvalue weighted by atomic mass is 16.5. The van der Waals surface area contributed by atoms with E-state index in [0.717, 1.165) is 45.9 Å². The largest absolute Gasteiger partial charge is 0.381 e. The van der Waals surface area contributed by atoms with Crippen LogP contribution in [0, 0.1) is 5.92 Å². The van der Waals surface area contributed by atoms with Gasteiger partial charge in [-0.15, -0.1) is 0 Å². The lowest BCUT2D eigenvalue weighted by molar-refractivity contribution is -0.131. The zero-order valence-corrected chi connectivity index (χ0v) is 10.7. The van der Waals surface area contributed by atoms with Gasteiger partial charge in [0.25, 0.3) is 0 Å². The molecule has 1 atom stereocenters. The topological polar surface area (TPSA) is 44.8 Å². The van der Waals surface area contributed by atoms with Crippen LogP contribution < -0.4 is 5.32 Å². The highest BCUT2D eigenvalue weighted by Gasteiger charge is 2.24. The number of carbonyl (C=O) groups excluding carboxylic acids is 1. The fourth-order valence-corrected chi connectivity index (χ4v) is 2.54. The van der Waals surface area contributed by atoms with Crippen molar-refractivity contribution in [3.8, 4) is 0 Å². The molecule has 1 N–H and O–H groups in total. The molecule has 5 heteroatoms. The van der Waals surface area contributed by atoms with E-state index < -0.39 is 0 Å². The third-order valence-electron chi connectivity index (χ3n) is 3.59. The van der Waals surface area contributed by atoms with Crippen LogP contribution in [0.5, 0.6) is 0 Å². The first-order chi connectivity index (χ1) is 8.29. The van der Waals surface area contributed by atoms with Crippen molar-refractivity contribution in [3.63, 3.8) is 0 Å². The van der Waals surface area contributed by atoms with Crippen molar-refractivity contribution in [1.29, 1.82) is 0 Å². The van der Waals surface area contributed by atoms with Gasteiger partial charge in [0, 0.05) is 39.3 Å². The monoisotopic (exact) mass is 241 g/mol. The summed E-state index contributed by atoms with van der Waals surface area (Å²) in [7, 11) is 1.81. The molecular formula is C12H23N3O2. The van der Waals surface area contributed by atoms with Gasteiger partial charge in [-0.3, -0.25) is 9.69 Å². The number of piperazine rings is 1. The Morgan fingerprint density at radius 2 is 2.12 bits per heavy atom. The second-order valence-corrected chi connectivity index (χ2v) is 4.94. The molecule has 1 unspecified atom stereocenters. The number of nitrogens with zero attached hydrogens (tertiary/aromatic N) is 2. The van der Waals surface area contributed by atoms with Crippen LogP contribution >= 0.6 is 0 Å². The molecule has 2 aliphatic rings. The number of likely N-dealkylation sites (N-methyl/N-ethyl adjacent to an activating group) is 1. The first-order valence-electron chi connectivity index (χ1n) is 6.52. The van der Waals surface area contributed by atoms with Crippen molar-refractivity contribution in [2.45, 2.75) is 6.42 Å². The van der Waals surface area contributed by atoms with E-state index in [0.29, 0.717) is 12.5 Å². The van der Waals surface area contributed by atoms with Crippen LogP contribution in [0.4, 0.5) is 0 Å². The van der Waals surface area contributed by atoms with Crippen LogP contribution in [0.1, 0.15) is 6.42 Å². The molecular weight excluding hydrogens is 218 g/mol. The molecule has 0 aromatic rings. The highest BCUT2D eigenvalue weighted by molar-refractivity contribution is 5.78. The van der Waals surface area contributed by atoms with Crippen molar-refractivity contribution in [2.75, 3.05) is 59.5 Å². The molecule has 0 spiro atoms. The Morgan fingerprint density at radius 3 is 2.71 bits per heavy atom. The number of amides is 1. The van der Waals surface area contributed by atoms with Gasteiger partial charge in [0.15, 0.2) is 0 Å². The third-order valence-corrected chi connectivity index (χ3v) is 3.59. The lowest BCUT2D eigenvalue weighted by Gasteiger charge is -2.35.